The van der Waals surface area contributed by atoms with Crippen molar-refractivity contribution in [3.05, 3.63) is 59.3 Å². The molecule has 0 spiro atoms. The maximum Gasteiger partial charge on any atom is 0.119 e. The molecule has 1 aliphatic carbocycles. The van der Waals surface area contributed by atoms with Gasteiger partial charge in [-0.3, -0.25) is 0 Å². The lowest BCUT2D eigenvalue weighted by Gasteiger charge is -2.36. The predicted octanol–water partition coefficient (Wildman–Crippen LogP) is 5.17. The van der Waals surface area contributed by atoms with E-state index >= 15 is 0 Å². The van der Waals surface area contributed by atoms with Crippen LogP contribution in [0.4, 0.5) is 0 Å². The molecule has 2 aliphatic rings. The number of rotatable bonds is 5. The van der Waals surface area contributed by atoms with E-state index in [1.807, 2.05) is 12.1 Å². The minimum atomic E-state index is 0.616. The van der Waals surface area contributed by atoms with Crippen LogP contribution in [0.5, 0.6) is 11.5 Å². The highest BCUT2D eigenvalue weighted by Crippen LogP contribution is 2.35. The van der Waals surface area contributed by atoms with Crippen LogP contribution in [0.1, 0.15) is 42.0 Å². The van der Waals surface area contributed by atoms with Gasteiger partial charge < -0.3 is 19.4 Å². The Balaban J connectivity index is 1.28. The van der Waals surface area contributed by atoms with Crippen LogP contribution >= 0.6 is 0 Å². The Labute approximate surface area is 179 Å². The van der Waals surface area contributed by atoms with E-state index < -0.39 is 0 Å². The molecular formula is C26H32N2O2. The molecule has 0 amide bonds. The zero-order valence-electron chi connectivity index (χ0n) is 18.1. The lowest BCUT2D eigenvalue weighted by molar-refractivity contribution is 0.172. The molecule has 2 unspecified atom stereocenters. The fraction of sp³-hybridized carbons (Fsp3) is 0.462. The molecule has 1 N–H and O–H groups in total. The first-order valence-electron chi connectivity index (χ1n) is 11.3. The van der Waals surface area contributed by atoms with Crippen LogP contribution in [-0.4, -0.2) is 43.7 Å². The molecule has 158 valence electrons. The van der Waals surface area contributed by atoms with Crippen LogP contribution in [-0.2, 0) is 12.8 Å². The van der Waals surface area contributed by atoms with E-state index in [9.17, 15) is 0 Å². The number of nitrogens with one attached hydrogen (secondary N) is 1. The van der Waals surface area contributed by atoms with Crippen LogP contribution in [0.2, 0.25) is 0 Å². The molecule has 1 fully saturated rings. The third kappa shape index (κ3) is 3.81. The summed E-state index contributed by atoms with van der Waals surface area (Å²) >= 11 is 0. The maximum absolute atomic E-state index is 5.47. The molecule has 4 heteroatoms. The summed E-state index contributed by atoms with van der Waals surface area (Å²) in [5.41, 5.74) is 5.62. The summed E-state index contributed by atoms with van der Waals surface area (Å²) in [7, 11) is 3.50. The van der Waals surface area contributed by atoms with Gasteiger partial charge in [-0.25, -0.2) is 0 Å². The third-order valence-electron chi connectivity index (χ3n) is 7.08. The van der Waals surface area contributed by atoms with Crippen molar-refractivity contribution >= 4 is 10.9 Å². The number of H-pyrrole nitrogens is 1. The Kier molecular flexibility index (Phi) is 5.43. The standard InChI is InChI=1S/C26H32N2O2/c1-29-21-7-3-5-19(14-21)20-6-4-12-28(17-20)16-18-8-10-25-23(13-18)24-15-22(30-2)9-11-26(24)27-25/h3,5,7,9,11,14-15,18,20,27H,4,6,8,10,12-13,16-17H2,1-2H3. The van der Waals surface area contributed by atoms with Crippen molar-refractivity contribution < 1.29 is 9.47 Å². The van der Waals surface area contributed by atoms with Gasteiger partial charge in [-0.1, -0.05) is 12.1 Å². The third-order valence-corrected chi connectivity index (χ3v) is 7.08. The fourth-order valence-electron chi connectivity index (χ4n) is 5.51. The molecule has 2 atom stereocenters. The predicted molar refractivity (Wildman–Crippen MR) is 122 cm³/mol. The summed E-state index contributed by atoms with van der Waals surface area (Å²) in [5.74, 6) is 3.26. The van der Waals surface area contributed by atoms with Crippen molar-refractivity contribution in [1.29, 1.82) is 0 Å². The van der Waals surface area contributed by atoms with Gasteiger partial charge >= 0.3 is 0 Å². The topological polar surface area (TPSA) is 37.5 Å². The van der Waals surface area contributed by atoms with E-state index in [0.29, 0.717) is 5.92 Å². The summed E-state index contributed by atoms with van der Waals surface area (Å²) in [6.45, 7) is 3.60. The number of aromatic nitrogens is 1. The molecular weight excluding hydrogens is 372 g/mol. The molecule has 1 saturated heterocycles. The number of likely N-dealkylation sites (tertiary alicyclic amines) is 1. The Morgan fingerprint density at radius 3 is 2.77 bits per heavy atom. The number of hydrogen-bond donors (Lipinski definition) is 1. The fourth-order valence-corrected chi connectivity index (χ4v) is 5.51. The summed E-state index contributed by atoms with van der Waals surface area (Å²) in [4.78, 5) is 6.36. The van der Waals surface area contributed by atoms with Crippen molar-refractivity contribution in [2.24, 2.45) is 5.92 Å². The number of aryl methyl sites for hydroxylation is 1. The lowest BCUT2D eigenvalue weighted by Crippen LogP contribution is -2.39. The highest BCUT2D eigenvalue weighted by molar-refractivity contribution is 5.86. The van der Waals surface area contributed by atoms with Gasteiger partial charge in [0, 0.05) is 29.7 Å². The number of methoxy groups -OCH3 is 2. The van der Waals surface area contributed by atoms with E-state index in [1.165, 1.54) is 66.5 Å². The second-order valence-electron chi connectivity index (χ2n) is 8.98. The number of hydrogen-bond acceptors (Lipinski definition) is 3. The van der Waals surface area contributed by atoms with Gasteiger partial charge in [-0.2, -0.15) is 0 Å². The molecule has 0 radical (unpaired) electrons. The van der Waals surface area contributed by atoms with Crippen molar-refractivity contribution in [1.82, 2.24) is 9.88 Å². The van der Waals surface area contributed by atoms with E-state index in [-0.39, 0.29) is 0 Å². The average Bonchev–Trinajstić information content (AvgIpc) is 3.16. The van der Waals surface area contributed by atoms with Crippen LogP contribution in [0.15, 0.2) is 42.5 Å². The second-order valence-corrected chi connectivity index (χ2v) is 8.98. The van der Waals surface area contributed by atoms with Crippen LogP contribution in [0.3, 0.4) is 0 Å². The van der Waals surface area contributed by atoms with Crippen LogP contribution in [0.25, 0.3) is 10.9 Å². The second kappa shape index (κ2) is 8.35. The van der Waals surface area contributed by atoms with Gasteiger partial charge in [0.15, 0.2) is 0 Å². The Hall–Kier alpha value is -2.46. The number of ether oxygens (including phenoxy) is 2. The first-order chi connectivity index (χ1) is 14.7. The van der Waals surface area contributed by atoms with Gasteiger partial charge in [0.05, 0.1) is 14.2 Å². The lowest BCUT2D eigenvalue weighted by atomic mass is 9.84. The van der Waals surface area contributed by atoms with Crippen LogP contribution in [0, 0.1) is 5.92 Å². The smallest absolute Gasteiger partial charge is 0.119 e. The summed E-state index contributed by atoms with van der Waals surface area (Å²) in [6, 6.07) is 15.1. The molecule has 1 aromatic heterocycles. The van der Waals surface area contributed by atoms with Gasteiger partial charge in [0.1, 0.15) is 11.5 Å². The minimum Gasteiger partial charge on any atom is -0.497 e. The highest BCUT2D eigenvalue weighted by Gasteiger charge is 2.27. The van der Waals surface area contributed by atoms with E-state index in [2.05, 4.69) is 40.2 Å². The number of fused-ring (bicyclic) bond motifs is 3. The van der Waals surface area contributed by atoms with Crippen molar-refractivity contribution in [2.45, 2.75) is 38.0 Å². The van der Waals surface area contributed by atoms with E-state index in [1.54, 1.807) is 14.2 Å². The molecule has 2 aromatic carbocycles. The van der Waals surface area contributed by atoms with E-state index in [4.69, 9.17) is 9.47 Å². The molecule has 0 bridgehead atoms. The SMILES string of the molecule is COc1cccc(C2CCCN(CC3CCc4[nH]c5ccc(OC)cc5c4C3)C2)c1. The monoisotopic (exact) mass is 404 g/mol. The first-order valence-corrected chi connectivity index (χ1v) is 11.3. The maximum atomic E-state index is 5.47. The zero-order valence-corrected chi connectivity index (χ0v) is 18.1. The number of aromatic amines is 1. The minimum absolute atomic E-state index is 0.616. The summed E-state index contributed by atoms with van der Waals surface area (Å²) in [5, 5.41) is 1.35. The molecule has 3 aromatic rings. The number of benzene rings is 2. The quantitative estimate of drug-likeness (QED) is 0.637. The summed E-state index contributed by atoms with van der Waals surface area (Å²) < 4.78 is 10.9. The largest absolute Gasteiger partial charge is 0.497 e. The van der Waals surface area contributed by atoms with Gasteiger partial charge in [-0.15, -0.1) is 0 Å². The molecule has 0 saturated carbocycles. The highest BCUT2D eigenvalue weighted by atomic mass is 16.5. The molecule has 5 rings (SSSR count). The first kappa shape index (κ1) is 19.5. The Morgan fingerprint density at radius 2 is 1.90 bits per heavy atom. The number of piperidine rings is 1. The van der Waals surface area contributed by atoms with E-state index in [0.717, 1.165) is 30.4 Å². The van der Waals surface area contributed by atoms with Crippen molar-refractivity contribution in [3.63, 3.8) is 0 Å². The van der Waals surface area contributed by atoms with Crippen molar-refractivity contribution in [3.8, 4) is 11.5 Å². The normalized spacial score (nSPS) is 22.1. The Morgan fingerprint density at radius 1 is 1.03 bits per heavy atom. The number of nitrogens with zero attached hydrogens (tertiary/aromatic N) is 1. The zero-order chi connectivity index (χ0) is 20.5. The van der Waals surface area contributed by atoms with Crippen LogP contribution < -0.4 is 9.47 Å². The molecule has 1 aliphatic heterocycles. The Bertz CT molecular complexity index is 1030. The van der Waals surface area contributed by atoms with Gasteiger partial charge in [0.2, 0.25) is 0 Å². The summed E-state index contributed by atoms with van der Waals surface area (Å²) in [6.07, 6.45) is 6.16. The van der Waals surface area contributed by atoms with Crippen molar-refractivity contribution in [2.75, 3.05) is 33.9 Å². The molecule has 2 heterocycles. The van der Waals surface area contributed by atoms with Gasteiger partial charge in [-0.05, 0) is 91.9 Å². The average molecular weight is 405 g/mol. The molecule has 30 heavy (non-hydrogen) atoms. The van der Waals surface area contributed by atoms with Gasteiger partial charge in [0.25, 0.3) is 0 Å². The molecule has 4 nitrogen and oxygen atoms in total.